The number of hydrogen-bond donors (Lipinski definition) is 1. The van der Waals surface area contributed by atoms with Crippen molar-refractivity contribution < 1.29 is 37.4 Å². The van der Waals surface area contributed by atoms with Crippen LogP contribution in [0.15, 0.2) is 53.6 Å². The van der Waals surface area contributed by atoms with Crippen LogP contribution in [-0.2, 0) is 23.6 Å². The number of aromatic carboxylic acids is 1. The number of hydrogen-bond acceptors (Lipinski definition) is 9. The average molecular weight is 625 g/mol. The quantitative estimate of drug-likeness (QED) is 0.282. The standard InChI is InChI=1S/C31H29ClFN5O6/c1-31(21-7-6-19(32)14-22(21)33)43-25-5-3-4-23(29(25)44-31)36-9-10-37(34-17-36)16-27-35-28-24(38(27)15-20-8-11-42-20)12-18(30(39)40)13-26(28)41-2/h3-7,12-14,17,20H,8-11,15-16H2,1-2H3,(H,39,40)/t20-,31?/m0/s1/i2D3. The van der Waals surface area contributed by atoms with Crippen molar-refractivity contribution in [3.8, 4) is 17.2 Å². The Morgan fingerprint density at radius 2 is 2.11 bits per heavy atom. The number of para-hydroxylation sites is 1. The average Bonchev–Trinajstić information content (AvgIpc) is 3.51. The predicted molar refractivity (Wildman–Crippen MR) is 160 cm³/mol. The maximum Gasteiger partial charge on any atom is 0.335 e. The molecule has 0 radical (unpaired) electrons. The van der Waals surface area contributed by atoms with E-state index >= 15 is 0 Å². The van der Waals surface area contributed by atoms with Gasteiger partial charge in [0.05, 0.1) is 59.2 Å². The van der Waals surface area contributed by atoms with E-state index < -0.39 is 24.6 Å². The zero-order valence-electron chi connectivity index (χ0n) is 26.5. The molecule has 1 fully saturated rings. The minimum Gasteiger partial charge on any atom is -0.494 e. The molecule has 0 spiro atoms. The largest absolute Gasteiger partial charge is 0.494 e. The summed E-state index contributed by atoms with van der Waals surface area (Å²) in [4.78, 5) is 18.5. The van der Waals surface area contributed by atoms with E-state index in [4.69, 9.17) is 39.6 Å². The highest BCUT2D eigenvalue weighted by Gasteiger charge is 2.42. The molecule has 0 aliphatic carbocycles. The van der Waals surface area contributed by atoms with Crippen molar-refractivity contribution in [1.29, 1.82) is 0 Å². The molecule has 1 saturated heterocycles. The monoisotopic (exact) mass is 624 g/mol. The van der Waals surface area contributed by atoms with Gasteiger partial charge in [0, 0.05) is 25.1 Å². The molecular weight excluding hydrogens is 593 g/mol. The molecule has 0 amide bonds. The van der Waals surface area contributed by atoms with Crippen LogP contribution in [0.1, 0.15) is 39.2 Å². The second-order valence-electron chi connectivity index (χ2n) is 10.9. The van der Waals surface area contributed by atoms with E-state index in [0.717, 1.165) is 6.42 Å². The Morgan fingerprint density at radius 3 is 2.82 bits per heavy atom. The number of carbonyl (C=O) groups is 1. The Kier molecular flexibility index (Phi) is 6.14. The lowest BCUT2D eigenvalue weighted by Gasteiger charge is -2.31. The maximum atomic E-state index is 14.8. The topological polar surface area (TPSA) is 111 Å². The molecule has 1 unspecified atom stereocenters. The van der Waals surface area contributed by atoms with E-state index in [0.29, 0.717) is 54.8 Å². The Balaban J connectivity index is 1.16. The van der Waals surface area contributed by atoms with Gasteiger partial charge in [0.2, 0.25) is 0 Å². The number of aromatic nitrogens is 2. The number of carboxylic acid groups (broad SMARTS) is 1. The Hall–Kier alpha value is -4.55. The lowest BCUT2D eigenvalue weighted by molar-refractivity contribution is -0.0705. The predicted octanol–water partition coefficient (Wildman–Crippen LogP) is 5.23. The molecule has 4 aromatic rings. The number of imidazole rings is 1. The van der Waals surface area contributed by atoms with Crippen molar-refractivity contribution in [2.75, 3.05) is 31.6 Å². The minimum atomic E-state index is -2.81. The van der Waals surface area contributed by atoms with E-state index in [2.05, 4.69) is 5.10 Å². The molecule has 0 bridgehead atoms. The van der Waals surface area contributed by atoms with Crippen LogP contribution in [0.5, 0.6) is 17.2 Å². The van der Waals surface area contributed by atoms with E-state index in [1.807, 2.05) is 21.6 Å². The fourth-order valence-electron chi connectivity index (χ4n) is 5.64. The van der Waals surface area contributed by atoms with Crippen molar-refractivity contribution in [3.05, 3.63) is 76.3 Å². The zero-order chi connectivity index (χ0) is 33.1. The minimum absolute atomic E-state index is 0.0959. The first-order valence-electron chi connectivity index (χ1n) is 15.5. The van der Waals surface area contributed by atoms with E-state index in [-0.39, 0.29) is 40.1 Å². The summed E-state index contributed by atoms with van der Waals surface area (Å²) in [6, 6.07) is 12.4. The van der Waals surface area contributed by atoms with Crippen molar-refractivity contribution in [2.45, 2.75) is 38.3 Å². The summed E-state index contributed by atoms with van der Waals surface area (Å²) >= 11 is 5.95. The van der Waals surface area contributed by atoms with Crippen LogP contribution in [0.2, 0.25) is 5.02 Å². The molecule has 13 heteroatoms. The van der Waals surface area contributed by atoms with Crippen LogP contribution < -0.4 is 19.1 Å². The highest BCUT2D eigenvalue weighted by Crippen LogP contribution is 2.49. The Labute approximate surface area is 261 Å². The second kappa shape index (κ2) is 10.9. The SMILES string of the molecule is [2H]C([2H])([2H])Oc1cc(C(=O)O)cc2c1nc(CN1CCN(c3cccc4c3OC(C)(c3ccc(Cl)cc3F)O4)C=N1)n2C[C@@H]1CCO1. The van der Waals surface area contributed by atoms with Crippen LogP contribution in [0.3, 0.4) is 0 Å². The van der Waals surface area contributed by atoms with Crippen molar-refractivity contribution in [2.24, 2.45) is 5.10 Å². The molecular formula is C31H29ClFN5O6. The summed E-state index contributed by atoms with van der Waals surface area (Å²) in [5, 5.41) is 16.4. The number of ether oxygens (including phenoxy) is 4. The van der Waals surface area contributed by atoms with Gasteiger partial charge in [0.1, 0.15) is 29.2 Å². The fraction of sp³-hybridized carbons (Fsp3) is 0.323. The van der Waals surface area contributed by atoms with E-state index in [1.54, 1.807) is 30.4 Å². The highest BCUT2D eigenvalue weighted by molar-refractivity contribution is 6.30. The van der Waals surface area contributed by atoms with Gasteiger partial charge >= 0.3 is 5.97 Å². The summed E-state index contributed by atoms with van der Waals surface area (Å²) in [5.41, 5.74) is 1.43. The summed E-state index contributed by atoms with van der Waals surface area (Å²) in [6.45, 7) is 3.86. The lowest BCUT2D eigenvalue weighted by atomic mass is 10.1. The number of methoxy groups -OCH3 is 1. The van der Waals surface area contributed by atoms with Gasteiger partial charge in [-0.05, 0) is 48.9 Å². The van der Waals surface area contributed by atoms with Gasteiger partial charge in [-0.25, -0.2) is 14.2 Å². The number of nitrogens with zero attached hydrogens (tertiary/aromatic N) is 5. The normalized spacial score (nSPS) is 22.0. The summed E-state index contributed by atoms with van der Waals surface area (Å²) in [5.74, 6) is -1.88. The van der Waals surface area contributed by atoms with Gasteiger partial charge in [-0.1, -0.05) is 17.7 Å². The first kappa shape index (κ1) is 24.8. The van der Waals surface area contributed by atoms with Gasteiger partial charge in [0.15, 0.2) is 11.5 Å². The first-order valence-corrected chi connectivity index (χ1v) is 14.3. The lowest BCUT2D eigenvalue weighted by Crippen LogP contribution is -2.38. The smallest absolute Gasteiger partial charge is 0.335 e. The van der Waals surface area contributed by atoms with Crippen LogP contribution >= 0.6 is 11.6 Å². The summed E-state index contributed by atoms with van der Waals surface area (Å²) in [6.07, 6.45) is 2.38. The van der Waals surface area contributed by atoms with Crippen LogP contribution in [0.25, 0.3) is 11.0 Å². The molecule has 1 aromatic heterocycles. The second-order valence-corrected chi connectivity index (χ2v) is 11.3. The molecule has 11 nitrogen and oxygen atoms in total. The zero-order valence-corrected chi connectivity index (χ0v) is 24.3. The van der Waals surface area contributed by atoms with Crippen molar-refractivity contribution in [1.82, 2.24) is 14.6 Å². The number of halogens is 2. The molecule has 3 aliphatic rings. The van der Waals surface area contributed by atoms with Crippen LogP contribution in [0.4, 0.5) is 10.1 Å². The maximum absolute atomic E-state index is 14.8. The molecule has 0 saturated carbocycles. The highest BCUT2D eigenvalue weighted by atomic mass is 35.5. The molecule has 7 rings (SSSR count). The van der Waals surface area contributed by atoms with Gasteiger partial charge in [-0.3, -0.25) is 5.01 Å². The number of benzene rings is 3. The molecule has 3 aliphatic heterocycles. The number of rotatable bonds is 8. The van der Waals surface area contributed by atoms with E-state index in [9.17, 15) is 14.3 Å². The van der Waals surface area contributed by atoms with Gasteiger partial charge in [0.25, 0.3) is 5.79 Å². The number of anilines is 1. The number of hydrazone groups is 1. The van der Waals surface area contributed by atoms with Gasteiger partial charge in [-0.2, -0.15) is 5.10 Å². The molecule has 3 aromatic carbocycles. The van der Waals surface area contributed by atoms with Crippen LogP contribution in [0, 0.1) is 5.82 Å². The summed E-state index contributed by atoms with van der Waals surface area (Å²) < 4.78 is 62.7. The molecule has 44 heavy (non-hydrogen) atoms. The molecule has 228 valence electrons. The molecule has 1 N–H and O–H groups in total. The Bertz CT molecular complexity index is 1920. The third-order valence-electron chi connectivity index (χ3n) is 8.00. The third kappa shape index (κ3) is 4.93. The fourth-order valence-corrected chi connectivity index (χ4v) is 5.80. The van der Waals surface area contributed by atoms with Crippen molar-refractivity contribution >= 4 is 40.6 Å². The van der Waals surface area contributed by atoms with Crippen molar-refractivity contribution in [3.63, 3.8) is 0 Å². The van der Waals surface area contributed by atoms with Crippen LogP contribution in [-0.4, -0.2) is 64.8 Å². The number of carboxylic acids is 1. The Morgan fingerprint density at radius 1 is 1.25 bits per heavy atom. The van der Waals surface area contributed by atoms with E-state index in [1.165, 1.54) is 24.3 Å². The third-order valence-corrected chi connectivity index (χ3v) is 8.24. The van der Waals surface area contributed by atoms with Gasteiger partial charge in [-0.15, -0.1) is 0 Å². The molecule has 4 heterocycles. The first-order chi connectivity index (χ1) is 22.4. The molecule has 2 atom stereocenters. The number of fused-ring (bicyclic) bond motifs is 2. The van der Waals surface area contributed by atoms with Gasteiger partial charge < -0.3 is 33.5 Å². The summed E-state index contributed by atoms with van der Waals surface area (Å²) in [7, 11) is -2.81.